The molecule has 0 amide bonds. The van der Waals surface area contributed by atoms with Gasteiger partial charge in [0.15, 0.2) is 0 Å². The van der Waals surface area contributed by atoms with Crippen molar-refractivity contribution in [3.05, 3.63) is 52.2 Å². The smallest absolute Gasteiger partial charge is 0.362 e. The molecule has 3 rings (SSSR count). The van der Waals surface area contributed by atoms with Crippen molar-refractivity contribution in [2.24, 2.45) is 0 Å². The van der Waals surface area contributed by atoms with E-state index in [0.29, 0.717) is 11.1 Å². The molecule has 134 valence electrons. The summed E-state index contributed by atoms with van der Waals surface area (Å²) >= 11 is 0. The second-order valence-electron chi connectivity index (χ2n) is 5.26. The van der Waals surface area contributed by atoms with E-state index in [0.717, 1.165) is 0 Å². The van der Waals surface area contributed by atoms with Gasteiger partial charge >= 0.3 is 5.97 Å². The standard InChI is InChI=1S/C16H15N5O5/c1-3-26-16(22)14-15(25-2)19-12-7-13(21(23)24)10(6-11(12)18-14)8-20-5-4-17-9-20/h4-7,9H,3,8H2,1-2H3. The Morgan fingerprint density at radius 3 is 2.69 bits per heavy atom. The van der Waals surface area contributed by atoms with Crippen LogP contribution in [0.15, 0.2) is 30.9 Å². The molecule has 0 unspecified atom stereocenters. The Morgan fingerprint density at radius 1 is 1.31 bits per heavy atom. The molecule has 0 atom stereocenters. The van der Waals surface area contributed by atoms with Gasteiger partial charge in [-0.2, -0.15) is 0 Å². The molecule has 0 fully saturated rings. The molecule has 0 spiro atoms. The van der Waals surface area contributed by atoms with Crippen LogP contribution in [0, 0.1) is 10.1 Å². The summed E-state index contributed by atoms with van der Waals surface area (Å²) in [7, 11) is 1.33. The minimum atomic E-state index is -0.673. The number of methoxy groups -OCH3 is 1. The molecule has 2 aromatic heterocycles. The number of rotatable bonds is 6. The number of hydrogen-bond donors (Lipinski definition) is 0. The van der Waals surface area contributed by atoms with E-state index >= 15 is 0 Å². The fraction of sp³-hybridized carbons (Fsp3) is 0.250. The van der Waals surface area contributed by atoms with Crippen LogP contribution in [0.4, 0.5) is 5.69 Å². The number of nitrogens with zero attached hydrogens (tertiary/aromatic N) is 5. The highest BCUT2D eigenvalue weighted by molar-refractivity contribution is 5.92. The van der Waals surface area contributed by atoms with E-state index in [-0.39, 0.29) is 35.9 Å². The first-order valence-electron chi connectivity index (χ1n) is 7.69. The number of esters is 1. The molecule has 1 aromatic carbocycles. The summed E-state index contributed by atoms with van der Waals surface area (Å²) in [6.07, 6.45) is 4.83. The van der Waals surface area contributed by atoms with Gasteiger partial charge in [-0.15, -0.1) is 0 Å². The third kappa shape index (κ3) is 3.29. The summed E-state index contributed by atoms with van der Waals surface area (Å²) < 4.78 is 11.7. The summed E-state index contributed by atoms with van der Waals surface area (Å²) in [6, 6.07) is 2.84. The minimum Gasteiger partial charge on any atom is -0.479 e. The van der Waals surface area contributed by atoms with Crippen molar-refractivity contribution in [2.75, 3.05) is 13.7 Å². The molecule has 0 aliphatic heterocycles. The first-order chi connectivity index (χ1) is 12.5. The van der Waals surface area contributed by atoms with Crippen LogP contribution in [0.25, 0.3) is 11.0 Å². The SMILES string of the molecule is CCOC(=O)c1nc2cc(Cn3ccnc3)c([N+](=O)[O-])cc2nc1OC. The van der Waals surface area contributed by atoms with E-state index in [1.807, 2.05) is 0 Å². The summed E-state index contributed by atoms with van der Waals surface area (Å²) in [5.74, 6) is -0.721. The van der Waals surface area contributed by atoms with E-state index < -0.39 is 10.9 Å². The fourth-order valence-electron chi connectivity index (χ4n) is 2.47. The van der Waals surface area contributed by atoms with Crippen LogP contribution in [0.2, 0.25) is 0 Å². The van der Waals surface area contributed by atoms with E-state index in [1.165, 1.54) is 19.2 Å². The molecule has 10 nitrogen and oxygen atoms in total. The summed E-state index contributed by atoms with van der Waals surface area (Å²) in [6.45, 7) is 2.08. The van der Waals surface area contributed by atoms with E-state index in [4.69, 9.17) is 9.47 Å². The Labute approximate surface area is 147 Å². The van der Waals surface area contributed by atoms with Crippen molar-refractivity contribution in [2.45, 2.75) is 13.5 Å². The van der Waals surface area contributed by atoms with Gasteiger partial charge < -0.3 is 14.0 Å². The number of benzene rings is 1. The molecule has 26 heavy (non-hydrogen) atoms. The van der Waals surface area contributed by atoms with E-state index in [9.17, 15) is 14.9 Å². The zero-order valence-corrected chi connectivity index (χ0v) is 14.1. The molecular formula is C16H15N5O5. The van der Waals surface area contributed by atoms with Crippen LogP contribution in [0.5, 0.6) is 5.88 Å². The van der Waals surface area contributed by atoms with Crippen molar-refractivity contribution >= 4 is 22.7 Å². The van der Waals surface area contributed by atoms with Gasteiger partial charge in [-0.05, 0) is 13.0 Å². The number of carbonyl (C=O) groups is 1. The molecule has 0 saturated carbocycles. The van der Waals surface area contributed by atoms with Crippen molar-refractivity contribution < 1.29 is 19.2 Å². The third-order valence-electron chi connectivity index (χ3n) is 3.60. The van der Waals surface area contributed by atoms with Gasteiger partial charge in [0.2, 0.25) is 11.6 Å². The van der Waals surface area contributed by atoms with Gasteiger partial charge in [0, 0.05) is 18.5 Å². The highest BCUT2D eigenvalue weighted by atomic mass is 16.6. The lowest BCUT2D eigenvalue weighted by molar-refractivity contribution is -0.385. The average Bonchev–Trinajstić information content (AvgIpc) is 3.13. The predicted octanol–water partition coefficient (Wildman–Crippen LogP) is 1.97. The van der Waals surface area contributed by atoms with Gasteiger partial charge in [0.1, 0.15) is 0 Å². The highest BCUT2D eigenvalue weighted by Gasteiger charge is 2.22. The van der Waals surface area contributed by atoms with Crippen LogP contribution in [0.3, 0.4) is 0 Å². The summed E-state index contributed by atoms with van der Waals surface area (Å²) in [5.41, 5.74) is 0.802. The van der Waals surface area contributed by atoms with Gasteiger partial charge in [-0.3, -0.25) is 10.1 Å². The number of nitro benzene ring substituents is 1. The maximum atomic E-state index is 12.1. The number of nitro groups is 1. The number of hydrogen-bond acceptors (Lipinski definition) is 8. The molecule has 2 heterocycles. The maximum absolute atomic E-state index is 12.1. The van der Waals surface area contributed by atoms with Crippen molar-refractivity contribution in [1.82, 2.24) is 19.5 Å². The number of carbonyl (C=O) groups excluding carboxylic acids is 1. The second kappa shape index (κ2) is 7.13. The van der Waals surface area contributed by atoms with Crippen LogP contribution >= 0.6 is 0 Å². The fourth-order valence-corrected chi connectivity index (χ4v) is 2.47. The predicted molar refractivity (Wildman–Crippen MR) is 90.0 cm³/mol. The largest absolute Gasteiger partial charge is 0.479 e. The van der Waals surface area contributed by atoms with Gasteiger partial charge in [-0.25, -0.2) is 19.7 Å². The molecular weight excluding hydrogens is 342 g/mol. The van der Waals surface area contributed by atoms with E-state index in [1.54, 1.807) is 30.2 Å². The molecule has 0 bridgehead atoms. The minimum absolute atomic E-state index is 0.0485. The Hall–Kier alpha value is -3.56. The Balaban J connectivity index is 2.16. The Kier molecular flexibility index (Phi) is 4.74. The van der Waals surface area contributed by atoms with Gasteiger partial charge in [-0.1, -0.05) is 0 Å². The van der Waals surface area contributed by atoms with Crippen LogP contribution in [-0.2, 0) is 11.3 Å². The molecule has 0 aliphatic carbocycles. The van der Waals surface area contributed by atoms with Crippen molar-refractivity contribution in [3.8, 4) is 5.88 Å². The first-order valence-corrected chi connectivity index (χ1v) is 7.69. The quantitative estimate of drug-likeness (QED) is 0.373. The number of aromatic nitrogens is 4. The summed E-state index contributed by atoms with van der Waals surface area (Å²) in [5, 5.41) is 11.4. The highest BCUT2D eigenvalue weighted by Crippen LogP contribution is 2.27. The van der Waals surface area contributed by atoms with Crippen LogP contribution < -0.4 is 4.74 Å². The maximum Gasteiger partial charge on any atom is 0.362 e. The lowest BCUT2D eigenvalue weighted by Crippen LogP contribution is -2.11. The summed E-state index contributed by atoms with van der Waals surface area (Å²) in [4.78, 5) is 35.3. The monoisotopic (exact) mass is 357 g/mol. The average molecular weight is 357 g/mol. The zero-order chi connectivity index (χ0) is 18.7. The normalized spacial score (nSPS) is 10.7. The number of ether oxygens (including phenoxy) is 2. The third-order valence-corrected chi connectivity index (χ3v) is 3.60. The molecule has 0 N–H and O–H groups in total. The Morgan fingerprint density at radius 2 is 2.08 bits per heavy atom. The Bertz CT molecular complexity index is 971. The molecule has 0 aliphatic rings. The molecule has 0 radical (unpaired) electrons. The van der Waals surface area contributed by atoms with E-state index in [2.05, 4.69) is 15.0 Å². The topological polar surface area (TPSA) is 122 Å². The molecule has 3 aromatic rings. The molecule has 10 heteroatoms. The molecule has 0 saturated heterocycles. The van der Waals surface area contributed by atoms with Gasteiger partial charge in [0.05, 0.1) is 48.1 Å². The lowest BCUT2D eigenvalue weighted by atomic mass is 10.1. The number of imidazole rings is 1. The zero-order valence-electron chi connectivity index (χ0n) is 14.1. The lowest BCUT2D eigenvalue weighted by Gasteiger charge is -2.10. The van der Waals surface area contributed by atoms with Crippen molar-refractivity contribution in [3.63, 3.8) is 0 Å². The van der Waals surface area contributed by atoms with Crippen molar-refractivity contribution in [1.29, 1.82) is 0 Å². The first kappa shape index (κ1) is 17.3. The van der Waals surface area contributed by atoms with Crippen LogP contribution in [0.1, 0.15) is 23.0 Å². The van der Waals surface area contributed by atoms with Crippen LogP contribution in [-0.4, -0.2) is 44.1 Å². The number of fused-ring (bicyclic) bond motifs is 1. The van der Waals surface area contributed by atoms with Gasteiger partial charge in [0.25, 0.3) is 5.69 Å². The second-order valence-corrected chi connectivity index (χ2v) is 5.26.